The van der Waals surface area contributed by atoms with Gasteiger partial charge in [0, 0.05) is 11.7 Å². The highest BCUT2D eigenvalue weighted by Gasteiger charge is 2.20. The molecule has 1 aliphatic rings. The lowest BCUT2D eigenvalue weighted by Crippen LogP contribution is -2.44. The lowest BCUT2D eigenvalue weighted by Gasteiger charge is -2.26. The fourth-order valence-corrected chi connectivity index (χ4v) is 2.36. The molecule has 1 aromatic carbocycles. The van der Waals surface area contributed by atoms with Crippen LogP contribution in [0.4, 0.5) is 10.5 Å². The number of hydrogen-bond acceptors (Lipinski definition) is 3. The van der Waals surface area contributed by atoms with E-state index >= 15 is 0 Å². The molecule has 6 heteroatoms. The highest BCUT2D eigenvalue weighted by molar-refractivity contribution is 5.92. The average Bonchev–Trinajstić information content (AvgIpc) is 2.49. The molecule has 0 saturated heterocycles. The smallest absolute Gasteiger partial charge is 0.319 e. The maximum atomic E-state index is 11.7. The number of urea groups is 1. The predicted octanol–water partition coefficient (Wildman–Crippen LogP) is 1.23. The number of aliphatic hydroxyl groups excluding tert-OH is 1. The van der Waals surface area contributed by atoms with Crippen molar-refractivity contribution in [2.45, 2.75) is 37.8 Å². The van der Waals surface area contributed by atoms with Crippen LogP contribution in [0.15, 0.2) is 30.3 Å². The molecular formula is C15H21N3O3. The van der Waals surface area contributed by atoms with Crippen LogP contribution in [-0.4, -0.2) is 35.7 Å². The third-order valence-corrected chi connectivity index (χ3v) is 3.50. The summed E-state index contributed by atoms with van der Waals surface area (Å²) in [6.07, 6.45) is 2.75. The lowest BCUT2D eigenvalue weighted by molar-refractivity contribution is -0.121. The fraction of sp³-hybridized carbons (Fsp3) is 0.467. The molecular weight excluding hydrogens is 270 g/mol. The van der Waals surface area contributed by atoms with Crippen LogP contribution in [0.3, 0.4) is 0 Å². The van der Waals surface area contributed by atoms with E-state index in [1.807, 2.05) is 18.2 Å². The summed E-state index contributed by atoms with van der Waals surface area (Å²) in [4.78, 5) is 23.4. The molecule has 6 nitrogen and oxygen atoms in total. The summed E-state index contributed by atoms with van der Waals surface area (Å²) in [7, 11) is 0. The van der Waals surface area contributed by atoms with Gasteiger partial charge in [0.1, 0.15) is 0 Å². The third-order valence-electron chi connectivity index (χ3n) is 3.50. The van der Waals surface area contributed by atoms with E-state index in [1.54, 1.807) is 12.1 Å². The van der Waals surface area contributed by atoms with Crippen LogP contribution < -0.4 is 16.0 Å². The molecule has 1 aromatic rings. The largest absolute Gasteiger partial charge is 0.393 e. The number of para-hydroxylation sites is 1. The van der Waals surface area contributed by atoms with E-state index in [0.29, 0.717) is 18.5 Å². The summed E-state index contributed by atoms with van der Waals surface area (Å²) < 4.78 is 0. The first-order chi connectivity index (χ1) is 10.1. The number of carbonyl (C=O) groups is 2. The zero-order chi connectivity index (χ0) is 15.1. The second kappa shape index (κ2) is 7.64. The standard InChI is InChI=1S/C15H21N3O3/c19-13-8-6-12(7-9-13)17-14(20)10-16-15(21)18-11-4-2-1-3-5-11/h1-5,12-13,19H,6-10H2,(H,17,20)(H2,16,18,21). The van der Waals surface area contributed by atoms with Gasteiger partial charge in [-0.2, -0.15) is 0 Å². The quantitative estimate of drug-likeness (QED) is 0.672. The zero-order valence-corrected chi connectivity index (χ0v) is 11.8. The number of rotatable bonds is 4. The Balaban J connectivity index is 1.65. The summed E-state index contributed by atoms with van der Waals surface area (Å²) in [5, 5.41) is 17.4. The predicted molar refractivity (Wildman–Crippen MR) is 79.9 cm³/mol. The molecule has 3 amide bonds. The van der Waals surface area contributed by atoms with Gasteiger partial charge >= 0.3 is 6.03 Å². The Kier molecular flexibility index (Phi) is 5.57. The highest BCUT2D eigenvalue weighted by atomic mass is 16.3. The molecule has 4 N–H and O–H groups in total. The maximum Gasteiger partial charge on any atom is 0.319 e. The van der Waals surface area contributed by atoms with E-state index in [0.717, 1.165) is 12.8 Å². The van der Waals surface area contributed by atoms with Gasteiger partial charge in [-0.15, -0.1) is 0 Å². The minimum atomic E-state index is -0.407. The van der Waals surface area contributed by atoms with Gasteiger partial charge in [0.05, 0.1) is 12.6 Å². The molecule has 0 bridgehead atoms. The Morgan fingerprint density at radius 3 is 2.43 bits per heavy atom. The molecule has 0 heterocycles. The lowest BCUT2D eigenvalue weighted by atomic mass is 9.93. The van der Waals surface area contributed by atoms with Crippen LogP contribution >= 0.6 is 0 Å². The molecule has 1 aliphatic carbocycles. The van der Waals surface area contributed by atoms with E-state index in [2.05, 4.69) is 16.0 Å². The van der Waals surface area contributed by atoms with Crippen molar-refractivity contribution >= 4 is 17.6 Å². The molecule has 0 spiro atoms. The number of benzene rings is 1. The first-order valence-corrected chi connectivity index (χ1v) is 7.21. The first-order valence-electron chi connectivity index (χ1n) is 7.21. The van der Waals surface area contributed by atoms with Crippen molar-refractivity contribution in [3.63, 3.8) is 0 Å². The van der Waals surface area contributed by atoms with Crippen LogP contribution in [0.2, 0.25) is 0 Å². The zero-order valence-electron chi connectivity index (χ0n) is 11.8. The SMILES string of the molecule is O=C(CNC(=O)Nc1ccccc1)NC1CCC(O)CC1. The van der Waals surface area contributed by atoms with Crippen LogP contribution in [0.25, 0.3) is 0 Å². The molecule has 2 rings (SSSR count). The molecule has 21 heavy (non-hydrogen) atoms. The topological polar surface area (TPSA) is 90.5 Å². The Labute approximate surface area is 123 Å². The van der Waals surface area contributed by atoms with Gasteiger partial charge in [-0.3, -0.25) is 4.79 Å². The van der Waals surface area contributed by atoms with E-state index < -0.39 is 6.03 Å². The van der Waals surface area contributed by atoms with Gasteiger partial charge in [-0.05, 0) is 37.8 Å². The second-order valence-electron chi connectivity index (χ2n) is 5.25. The minimum absolute atomic E-state index is 0.0578. The normalized spacial score (nSPS) is 21.4. The molecule has 1 saturated carbocycles. The summed E-state index contributed by atoms with van der Waals surface area (Å²) in [6, 6.07) is 8.73. The van der Waals surface area contributed by atoms with Gasteiger partial charge in [0.2, 0.25) is 5.91 Å². The Hall–Kier alpha value is -2.08. The number of aliphatic hydroxyl groups is 1. The van der Waals surface area contributed by atoms with Gasteiger partial charge in [-0.25, -0.2) is 4.79 Å². The number of carbonyl (C=O) groups excluding carboxylic acids is 2. The number of anilines is 1. The van der Waals surface area contributed by atoms with E-state index in [-0.39, 0.29) is 24.6 Å². The van der Waals surface area contributed by atoms with Crippen LogP contribution in [0, 0.1) is 0 Å². The third kappa shape index (κ3) is 5.43. The molecule has 0 aromatic heterocycles. The summed E-state index contributed by atoms with van der Waals surface area (Å²) in [5.41, 5.74) is 0.677. The Morgan fingerprint density at radius 2 is 1.76 bits per heavy atom. The minimum Gasteiger partial charge on any atom is -0.393 e. The number of nitrogens with one attached hydrogen (secondary N) is 3. The van der Waals surface area contributed by atoms with Gasteiger partial charge in [0.15, 0.2) is 0 Å². The van der Waals surface area contributed by atoms with Gasteiger partial charge in [0.25, 0.3) is 0 Å². The molecule has 0 atom stereocenters. The monoisotopic (exact) mass is 291 g/mol. The average molecular weight is 291 g/mol. The van der Waals surface area contributed by atoms with Crippen LogP contribution in [0.5, 0.6) is 0 Å². The summed E-state index contributed by atoms with van der Waals surface area (Å²) in [6.45, 7) is -0.0578. The van der Waals surface area contributed by atoms with E-state index in [4.69, 9.17) is 0 Å². The Morgan fingerprint density at radius 1 is 1.10 bits per heavy atom. The summed E-state index contributed by atoms with van der Waals surface area (Å²) >= 11 is 0. The summed E-state index contributed by atoms with van der Waals surface area (Å²) in [5.74, 6) is -0.209. The van der Waals surface area contributed by atoms with E-state index in [9.17, 15) is 14.7 Å². The van der Waals surface area contributed by atoms with Crippen molar-refractivity contribution in [2.24, 2.45) is 0 Å². The van der Waals surface area contributed by atoms with Crippen LogP contribution in [-0.2, 0) is 4.79 Å². The molecule has 114 valence electrons. The molecule has 0 aliphatic heterocycles. The number of hydrogen-bond donors (Lipinski definition) is 4. The Bertz CT molecular complexity index is 470. The van der Waals surface area contributed by atoms with Crippen molar-refractivity contribution in [3.8, 4) is 0 Å². The molecule has 1 fully saturated rings. The first kappa shape index (κ1) is 15.3. The van der Waals surface area contributed by atoms with Crippen molar-refractivity contribution in [3.05, 3.63) is 30.3 Å². The highest BCUT2D eigenvalue weighted by Crippen LogP contribution is 2.17. The van der Waals surface area contributed by atoms with Crippen molar-refractivity contribution in [1.29, 1.82) is 0 Å². The van der Waals surface area contributed by atoms with Crippen LogP contribution in [0.1, 0.15) is 25.7 Å². The van der Waals surface area contributed by atoms with E-state index in [1.165, 1.54) is 0 Å². The second-order valence-corrected chi connectivity index (χ2v) is 5.25. The van der Waals surface area contributed by atoms with Crippen molar-refractivity contribution < 1.29 is 14.7 Å². The van der Waals surface area contributed by atoms with Gasteiger partial charge in [-0.1, -0.05) is 18.2 Å². The fourth-order valence-electron chi connectivity index (χ4n) is 2.36. The molecule has 0 radical (unpaired) electrons. The van der Waals surface area contributed by atoms with Crippen molar-refractivity contribution in [2.75, 3.05) is 11.9 Å². The van der Waals surface area contributed by atoms with Crippen molar-refractivity contribution in [1.82, 2.24) is 10.6 Å². The maximum absolute atomic E-state index is 11.7. The number of amides is 3. The van der Waals surface area contributed by atoms with Gasteiger partial charge < -0.3 is 21.1 Å². The molecule has 0 unspecified atom stereocenters.